The van der Waals surface area contributed by atoms with Crippen molar-refractivity contribution in [1.82, 2.24) is 15.5 Å². The number of carbonyl (C=O) groups excluding carboxylic acids is 3. The molecule has 7 atom stereocenters. The third kappa shape index (κ3) is 3.66. The van der Waals surface area contributed by atoms with Gasteiger partial charge in [-0.1, -0.05) is 13.8 Å². The van der Waals surface area contributed by atoms with E-state index in [-0.39, 0.29) is 46.7 Å². The Morgan fingerprint density at radius 3 is 2.31 bits per heavy atom. The summed E-state index contributed by atoms with van der Waals surface area (Å²) in [6.07, 6.45) is 7.99. The van der Waals surface area contributed by atoms with Crippen molar-refractivity contribution in [3.8, 4) is 0 Å². The Morgan fingerprint density at radius 2 is 1.66 bits per heavy atom. The zero-order valence-corrected chi connectivity index (χ0v) is 20.9. The molecule has 0 spiro atoms. The van der Waals surface area contributed by atoms with E-state index < -0.39 is 0 Å². The van der Waals surface area contributed by atoms with E-state index in [0.717, 1.165) is 44.9 Å². The van der Waals surface area contributed by atoms with E-state index in [2.05, 4.69) is 24.5 Å². The van der Waals surface area contributed by atoms with Crippen LogP contribution >= 0.6 is 0 Å². The molecule has 32 heavy (non-hydrogen) atoms. The van der Waals surface area contributed by atoms with E-state index in [1.807, 2.05) is 27.7 Å². The molecule has 1 heterocycles. The molecular weight excluding hydrogens is 402 g/mol. The van der Waals surface area contributed by atoms with Crippen molar-refractivity contribution < 1.29 is 14.4 Å². The first-order valence-electron chi connectivity index (χ1n) is 12.9. The zero-order chi connectivity index (χ0) is 23.4. The summed E-state index contributed by atoms with van der Waals surface area (Å²) in [6.45, 7) is 12.5. The number of piperidine rings is 1. The number of hydrogen-bond acceptors (Lipinski definition) is 3. The van der Waals surface area contributed by atoms with Crippen molar-refractivity contribution >= 4 is 17.8 Å². The minimum absolute atomic E-state index is 0.00538. The lowest BCUT2D eigenvalue weighted by Crippen LogP contribution is -2.61. The molecule has 2 N–H and O–H groups in total. The molecule has 4 fully saturated rings. The van der Waals surface area contributed by atoms with Crippen LogP contribution in [0, 0.1) is 34.5 Å². The van der Waals surface area contributed by atoms with Crippen molar-refractivity contribution in [2.24, 2.45) is 34.5 Å². The van der Waals surface area contributed by atoms with E-state index in [4.69, 9.17) is 0 Å². The van der Waals surface area contributed by atoms with Crippen molar-refractivity contribution in [1.29, 1.82) is 0 Å². The highest BCUT2D eigenvalue weighted by atomic mass is 16.2. The van der Waals surface area contributed by atoms with Crippen LogP contribution in [0.15, 0.2) is 0 Å². The molecule has 0 aromatic carbocycles. The second-order valence-electron chi connectivity index (χ2n) is 12.2. The monoisotopic (exact) mass is 445 g/mol. The lowest BCUT2D eigenvalue weighted by Gasteiger charge is -2.60. The van der Waals surface area contributed by atoms with Gasteiger partial charge in [0.1, 0.15) is 0 Å². The number of carbonyl (C=O) groups is 3. The summed E-state index contributed by atoms with van der Waals surface area (Å²) in [5.41, 5.74) is 0.145. The molecule has 4 rings (SSSR count). The van der Waals surface area contributed by atoms with Crippen LogP contribution in [0.4, 0.5) is 4.79 Å². The van der Waals surface area contributed by atoms with Gasteiger partial charge in [-0.25, -0.2) is 4.79 Å². The summed E-state index contributed by atoms with van der Waals surface area (Å²) in [5, 5.41) is 6.23. The van der Waals surface area contributed by atoms with Crippen LogP contribution in [0.3, 0.4) is 0 Å². The summed E-state index contributed by atoms with van der Waals surface area (Å²) < 4.78 is 0. The number of imide groups is 1. The molecule has 180 valence electrons. The number of amides is 4. The first kappa shape index (κ1) is 23.6. The minimum atomic E-state index is -0.258. The molecule has 6 heteroatoms. The maximum Gasteiger partial charge on any atom is 0.324 e. The standard InChI is InChI=1S/C26H43N3O3/c1-15(2)27-24(32)29(16(3)4)23(31)20-9-8-18-17-7-10-21-26(6,14-12-22(30)28-21)19(17)11-13-25(18,20)5/h15-21H,7-14H2,1-6H3,(H,27,32)(H,28,30)/t17-,18-,19-,20+,21+,25-,26+/m0/s1. The molecule has 0 bridgehead atoms. The number of rotatable bonds is 3. The van der Waals surface area contributed by atoms with E-state index >= 15 is 0 Å². The molecule has 0 unspecified atom stereocenters. The molecule has 6 nitrogen and oxygen atoms in total. The van der Waals surface area contributed by atoms with Gasteiger partial charge < -0.3 is 10.6 Å². The fourth-order valence-corrected chi connectivity index (χ4v) is 8.18. The first-order valence-corrected chi connectivity index (χ1v) is 12.9. The van der Waals surface area contributed by atoms with Crippen molar-refractivity contribution in [2.75, 3.05) is 0 Å². The lowest BCUT2D eigenvalue weighted by atomic mass is 9.47. The Hall–Kier alpha value is -1.59. The van der Waals surface area contributed by atoms with Crippen LogP contribution in [0.25, 0.3) is 0 Å². The number of nitrogens with one attached hydrogen (secondary N) is 2. The van der Waals surface area contributed by atoms with E-state index in [1.165, 1.54) is 4.90 Å². The van der Waals surface area contributed by atoms with Crippen LogP contribution in [0.1, 0.15) is 92.9 Å². The van der Waals surface area contributed by atoms with Crippen molar-refractivity contribution in [3.63, 3.8) is 0 Å². The quantitative estimate of drug-likeness (QED) is 0.672. The molecule has 1 aliphatic heterocycles. The Bertz CT molecular complexity index is 780. The van der Waals surface area contributed by atoms with E-state index in [0.29, 0.717) is 30.2 Å². The molecule has 4 aliphatic rings. The Balaban J connectivity index is 1.55. The smallest absolute Gasteiger partial charge is 0.324 e. The van der Waals surface area contributed by atoms with Crippen LogP contribution in [0.5, 0.6) is 0 Å². The maximum absolute atomic E-state index is 13.8. The summed E-state index contributed by atoms with van der Waals surface area (Å²) in [4.78, 5) is 40.2. The Morgan fingerprint density at radius 1 is 0.969 bits per heavy atom. The van der Waals surface area contributed by atoms with E-state index in [1.54, 1.807) is 0 Å². The van der Waals surface area contributed by atoms with Crippen LogP contribution in [-0.2, 0) is 9.59 Å². The fraction of sp³-hybridized carbons (Fsp3) is 0.885. The summed E-state index contributed by atoms with van der Waals surface area (Å²) >= 11 is 0. The molecule has 3 aliphatic carbocycles. The fourth-order valence-electron chi connectivity index (χ4n) is 8.18. The Labute approximate surface area is 193 Å². The number of urea groups is 1. The largest absolute Gasteiger partial charge is 0.353 e. The molecule has 1 saturated heterocycles. The molecular formula is C26H43N3O3. The predicted octanol–water partition coefficient (Wildman–Crippen LogP) is 4.48. The average molecular weight is 446 g/mol. The zero-order valence-electron chi connectivity index (χ0n) is 20.9. The minimum Gasteiger partial charge on any atom is -0.353 e. The van der Waals surface area contributed by atoms with Gasteiger partial charge in [0.25, 0.3) is 0 Å². The summed E-state index contributed by atoms with van der Waals surface area (Å²) in [5.74, 6) is 1.94. The second kappa shape index (κ2) is 8.32. The van der Waals surface area contributed by atoms with Gasteiger partial charge in [-0.3, -0.25) is 14.5 Å². The van der Waals surface area contributed by atoms with Gasteiger partial charge in [-0.05, 0) is 101 Å². The van der Waals surface area contributed by atoms with Crippen LogP contribution in [-0.4, -0.2) is 40.9 Å². The maximum atomic E-state index is 13.8. The van der Waals surface area contributed by atoms with Crippen molar-refractivity contribution in [2.45, 2.75) is 111 Å². The molecule has 3 saturated carbocycles. The Kier molecular flexibility index (Phi) is 6.13. The summed E-state index contributed by atoms with van der Waals surface area (Å²) in [6, 6.07) is -0.0951. The van der Waals surface area contributed by atoms with Crippen LogP contribution in [0.2, 0.25) is 0 Å². The third-order valence-electron chi connectivity index (χ3n) is 9.78. The van der Waals surface area contributed by atoms with Crippen LogP contribution < -0.4 is 10.6 Å². The van der Waals surface area contributed by atoms with Gasteiger partial charge in [0.05, 0.1) is 0 Å². The SMILES string of the molecule is CC(C)NC(=O)N(C(=O)[C@H]1CC[C@H]2[C@@H]3CC[C@H]4NC(=O)CC[C@]4(C)[C@H]3CC[C@]12C)C(C)C. The lowest BCUT2D eigenvalue weighted by molar-refractivity contribution is -0.146. The van der Waals surface area contributed by atoms with Gasteiger partial charge in [0, 0.05) is 30.5 Å². The molecule has 4 amide bonds. The van der Waals surface area contributed by atoms with Gasteiger partial charge in [-0.15, -0.1) is 0 Å². The average Bonchev–Trinajstić information content (AvgIpc) is 3.05. The number of nitrogens with zero attached hydrogens (tertiary/aromatic N) is 1. The third-order valence-corrected chi connectivity index (χ3v) is 9.78. The topological polar surface area (TPSA) is 78.5 Å². The molecule has 0 radical (unpaired) electrons. The highest BCUT2D eigenvalue weighted by molar-refractivity contribution is 5.96. The van der Waals surface area contributed by atoms with Gasteiger partial charge in [0.15, 0.2) is 0 Å². The molecule has 0 aromatic heterocycles. The van der Waals surface area contributed by atoms with Gasteiger partial charge in [-0.2, -0.15) is 0 Å². The summed E-state index contributed by atoms with van der Waals surface area (Å²) in [7, 11) is 0. The van der Waals surface area contributed by atoms with Gasteiger partial charge in [0.2, 0.25) is 11.8 Å². The normalized spacial score (nSPS) is 40.9. The number of hydrogen-bond donors (Lipinski definition) is 2. The van der Waals surface area contributed by atoms with Gasteiger partial charge >= 0.3 is 6.03 Å². The van der Waals surface area contributed by atoms with E-state index in [9.17, 15) is 14.4 Å². The second-order valence-corrected chi connectivity index (χ2v) is 12.2. The highest BCUT2D eigenvalue weighted by Crippen LogP contribution is 2.65. The number of fused-ring (bicyclic) bond motifs is 5. The van der Waals surface area contributed by atoms with Crippen molar-refractivity contribution in [3.05, 3.63) is 0 Å². The predicted molar refractivity (Wildman–Crippen MR) is 125 cm³/mol. The first-order chi connectivity index (χ1) is 15.0. The highest BCUT2D eigenvalue weighted by Gasteiger charge is 2.62. The molecule has 0 aromatic rings.